The van der Waals surface area contributed by atoms with Crippen LogP contribution in [0.15, 0.2) is 48.3 Å². The normalized spacial score (nSPS) is 20.9. The summed E-state index contributed by atoms with van der Waals surface area (Å²) < 4.78 is 5.21. The summed E-state index contributed by atoms with van der Waals surface area (Å²) in [5.74, 6) is 3.18. The number of methoxy groups -OCH3 is 1. The zero-order valence-electron chi connectivity index (χ0n) is 19.1. The van der Waals surface area contributed by atoms with E-state index in [-0.39, 0.29) is 5.91 Å². The highest BCUT2D eigenvalue weighted by atomic mass is 16.5. The molecule has 3 atom stereocenters. The number of nitrogens with one attached hydrogen (secondary N) is 2. The Hall–Kier alpha value is -3.22. The maximum atomic E-state index is 12.5. The van der Waals surface area contributed by atoms with Gasteiger partial charge in [-0.25, -0.2) is 4.98 Å². The number of rotatable bonds is 7. The molecule has 32 heavy (non-hydrogen) atoms. The molecular formula is C25H31N5O2. The number of H-pyrrole nitrogens is 1. The lowest BCUT2D eigenvalue weighted by atomic mass is 9.69. The molecule has 0 bridgehead atoms. The van der Waals surface area contributed by atoms with Crippen LogP contribution in [0.2, 0.25) is 0 Å². The van der Waals surface area contributed by atoms with E-state index in [4.69, 9.17) is 9.72 Å². The van der Waals surface area contributed by atoms with E-state index in [9.17, 15) is 4.79 Å². The van der Waals surface area contributed by atoms with Crippen LogP contribution in [0.25, 0.3) is 11.2 Å². The number of aromatic nitrogens is 4. The van der Waals surface area contributed by atoms with Crippen molar-refractivity contribution < 1.29 is 9.53 Å². The third-order valence-corrected chi connectivity index (χ3v) is 6.52. The number of fused-ring (bicyclic) bond motifs is 1. The first kappa shape index (κ1) is 22.0. The second-order valence-corrected chi connectivity index (χ2v) is 8.98. The first-order chi connectivity index (χ1) is 15.4. The number of aromatic amines is 1. The van der Waals surface area contributed by atoms with Gasteiger partial charge in [0.1, 0.15) is 5.82 Å². The smallest absolute Gasteiger partial charge is 0.252 e. The molecule has 7 heteroatoms. The number of hydrogen-bond donors (Lipinski definition) is 2. The van der Waals surface area contributed by atoms with Gasteiger partial charge in [0.2, 0.25) is 5.88 Å². The molecule has 1 aliphatic rings. The van der Waals surface area contributed by atoms with Crippen molar-refractivity contribution in [3.63, 3.8) is 0 Å². The average molecular weight is 434 g/mol. The highest BCUT2D eigenvalue weighted by molar-refractivity contribution is 5.93. The van der Waals surface area contributed by atoms with Crippen molar-refractivity contribution in [1.29, 1.82) is 0 Å². The molecule has 0 spiro atoms. The predicted molar refractivity (Wildman–Crippen MR) is 124 cm³/mol. The fourth-order valence-corrected chi connectivity index (χ4v) is 4.69. The first-order valence-electron chi connectivity index (χ1n) is 11.2. The SMILES string of the molecule is COc1ccc2[nH]c(CC3CC(C(C)C)C(CNC(=O)c4cccnc4)C=C3C)nc2n1. The fraction of sp³-hybridized carbons (Fsp3) is 0.440. The van der Waals surface area contributed by atoms with Gasteiger partial charge in [0.25, 0.3) is 5.91 Å². The number of nitrogens with zero attached hydrogens (tertiary/aromatic N) is 3. The van der Waals surface area contributed by atoms with Gasteiger partial charge in [-0.2, -0.15) is 4.98 Å². The number of imidazole rings is 1. The Bertz CT molecular complexity index is 1110. The standard InChI is InChI=1S/C25H31N5O2/c1-15(2)20-11-18(12-22-28-21-7-8-23(32-4)30-24(21)29-22)16(3)10-19(20)14-27-25(31)17-6-5-9-26-13-17/h5-10,13,15,18-20H,11-12,14H2,1-4H3,(H,27,31)(H,28,29,30). The minimum atomic E-state index is -0.0704. The van der Waals surface area contributed by atoms with Gasteiger partial charge in [0.15, 0.2) is 5.65 Å². The molecule has 1 amide bonds. The van der Waals surface area contributed by atoms with Gasteiger partial charge in [0.05, 0.1) is 18.2 Å². The molecule has 0 radical (unpaired) electrons. The molecule has 0 aliphatic heterocycles. The highest BCUT2D eigenvalue weighted by Gasteiger charge is 2.32. The summed E-state index contributed by atoms with van der Waals surface area (Å²) in [4.78, 5) is 29.0. The van der Waals surface area contributed by atoms with Gasteiger partial charge >= 0.3 is 0 Å². The van der Waals surface area contributed by atoms with Gasteiger partial charge in [0, 0.05) is 31.4 Å². The third kappa shape index (κ3) is 4.82. The molecule has 7 nitrogen and oxygen atoms in total. The lowest BCUT2D eigenvalue weighted by Crippen LogP contribution is -2.37. The van der Waals surface area contributed by atoms with E-state index in [1.807, 2.05) is 12.1 Å². The number of amides is 1. The summed E-state index contributed by atoms with van der Waals surface area (Å²) in [7, 11) is 1.61. The number of allylic oxidation sites excluding steroid dienone is 1. The van der Waals surface area contributed by atoms with Crippen LogP contribution >= 0.6 is 0 Å². The lowest BCUT2D eigenvalue weighted by Gasteiger charge is -2.37. The molecule has 0 fully saturated rings. The van der Waals surface area contributed by atoms with Crippen molar-refractivity contribution in [3.05, 3.63) is 59.7 Å². The van der Waals surface area contributed by atoms with Crippen molar-refractivity contribution >= 4 is 17.1 Å². The van der Waals surface area contributed by atoms with E-state index in [1.165, 1.54) is 5.57 Å². The van der Waals surface area contributed by atoms with Crippen LogP contribution < -0.4 is 10.1 Å². The van der Waals surface area contributed by atoms with Gasteiger partial charge in [-0.1, -0.05) is 25.5 Å². The number of carbonyl (C=O) groups excluding carboxylic acids is 1. The van der Waals surface area contributed by atoms with Crippen molar-refractivity contribution in [1.82, 2.24) is 25.3 Å². The van der Waals surface area contributed by atoms with Crippen LogP contribution in [-0.4, -0.2) is 39.5 Å². The van der Waals surface area contributed by atoms with Crippen LogP contribution in [0.1, 0.15) is 43.4 Å². The lowest BCUT2D eigenvalue weighted by molar-refractivity contribution is 0.0938. The minimum Gasteiger partial charge on any atom is -0.481 e. The second-order valence-electron chi connectivity index (χ2n) is 8.98. The summed E-state index contributed by atoms with van der Waals surface area (Å²) >= 11 is 0. The Morgan fingerprint density at radius 3 is 2.84 bits per heavy atom. The number of hydrogen-bond acceptors (Lipinski definition) is 5. The number of carbonyl (C=O) groups is 1. The Morgan fingerprint density at radius 2 is 2.12 bits per heavy atom. The van der Waals surface area contributed by atoms with Gasteiger partial charge in [-0.3, -0.25) is 9.78 Å². The van der Waals surface area contributed by atoms with Crippen LogP contribution in [0, 0.1) is 23.7 Å². The monoisotopic (exact) mass is 433 g/mol. The zero-order chi connectivity index (χ0) is 22.7. The Balaban J connectivity index is 1.46. The van der Waals surface area contributed by atoms with Gasteiger partial charge < -0.3 is 15.0 Å². The molecule has 1 aliphatic carbocycles. The topological polar surface area (TPSA) is 92.8 Å². The third-order valence-electron chi connectivity index (χ3n) is 6.52. The van der Waals surface area contributed by atoms with E-state index < -0.39 is 0 Å². The maximum Gasteiger partial charge on any atom is 0.252 e. The molecule has 0 saturated heterocycles. The molecule has 2 N–H and O–H groups in total. The van der Waals surface area contributed by atoms with Crippen LogP contribution in [0.4, 0.5) is 0 Å². The number of ether oxygens (including phenoxy) is 1. The quantitative estimate of drug-likeness (QED) is 0.545. The summed E-state index contributed by atoms with van der Waals surface area (Å²) in [5.41, 5.74) is 3.56. The van der Waals surface area contributed by atoms with Crippen LogP contribution in [0.3, 0.4) is 0 Å². The largest absolute Gasteiger partial charge is 0.481 e. The molecule has 4 rings (SSSR count). The zero-order valence-corrected chi connectivity index (χ0v) is 19.1. The van der Waals surface area contributed by atoms with E-state index in [2.05, 4.69) is 47.1 Å². The van der Waals surface area contributed by atoms with Crippen LogP contribution in [0.5, 0.6) is 5.88 Å². The Labute approximate surface area is 188 Å². The predicted octanol–water partition coefficient (Wildman–Crippen LogP) is 4.19. The highest BCUT2D eigenvalue weighted by Crippen LogP contribution is 2.38. The summed E-state index contributed by atoms with van der Waals surface area (Å²) in [5, 5.41) is 3.11. The summed E-state index contributed by atoms with van der Waals surface area (Å²) in [6.07, 6.45) is 7.55. The van der Waals surface area contributed by atoms with Gasteiger partial charge in [-0.15, -0.1) is 0 Å². The molecule has 3 aromatic heterocycles. The Morgan fingerprint density at radius 1 is 1.28 bits per heavy atom. The van der Waals surface area contributed by atoms with E-state index in [0.717, 1.165) is 24.2 Å². The molecule has 0 aromatic carbocycles. The van der Waals surface area contributed by atoms with Crippen LogP contribution in [-0.2, 0) is 6.42 Å². The van der Waals surface area contributed by atoms with E-state index >= 15 is 0 Å². The molecule has 3 aromatic rings. The van der Waals surface area contributed by atoms with Gasteiger partial charge in [-0.05, 0) is 55.2 Å². The molecular weight excluding hydrogens is 402 g/mol. The summed E-state index contributed by atoms with van der Waals surface area (Å²) in [6.45, 7) is 7.36. The number of pyridine rings is 2. The molecule has 168 valence electrons. The first-order valence-corrected chi connectivity index (χ1v) is 11.2. The van der Waals surface area contributed by atoms with E-state index in [0.29, 0.717) is 47.3 Å². The van der Waals surface area contributed by atoms with Crippen molar-refractivity contribution in [2.45, 2.75) is 33.6 Å². The van der Waals surface area contributed by atoms with Crippen molar-refractivity contribution in [2.24, 2.45) is 23.7 Å². The maximum absolute atomic E-state index is 12.5. The summed E-state index contributed by atoms with van der Waals surface area (Å²) in [6, 6.07) is 7.37. The fourth-order valence-electron chi connectivity index (χ4n) is 4.69. The van der Waals surface area contributed by atoms with Crippen molar-refractivity contribution in [3.8, 4) is 5.88 Å². The van der Waals surface area contributed by atoms with Crippen molar-refractivity contribution in [2.75, 3.05) is 13.7 Å². The van der Waals surface area contributed by atoms with E-state index in [1.54, 1.807) is 31.6 Å². The molecule has 0 saturated carbocycles. The molecule has 3 heterocycles. The average Bonchev–Trinajstić information content (AvgIpc) is 3.20. The Kier molecular flexibility index (Phi) is 6.53. The second kappa shape index (κ2) is 9.51. The minimum absolute atomic E-state index is 0.0704. The molecule has 3 unspecified atom stereocenters.